The van der Waals surface area contributed by atoms with Crippen LogP contribution in [0.3, 0.4) is 0 Å². The molecule has 104 valence electrons. The van der Waals surface area contributed by atoms with Gasteiger partial charge in [0.2, 0.25) is 5.91 Å². The number of carbonyl (C=O) groups excluding carboxylic acids is 1. The summed E-state index contributed by atoms with van der Waals surface area (Å²) >= 11 is 0. The highest BCUT2D eigenvalue weighted by Gasteiger charge is 2.34. The molecule has 0 aliphatic carbocycles. The van der Waals surface area contributed by atoms with E-state index >= 15 is 0 Å². The fraction of sp³-hybridized carbons (Fsp3) is 0.417. The van der Waals surface area contributed by atoms with E-state index < -0.39 is 33.6 Å². The molecule has 1 aromatic rings. The van der Waals surface area contributed by atoms with Crippen LogP contribution in [0.15, 0.2) is 18.2 Å². The third-order valence-corrected chi connectivity index (χ3v) is 3.97. The van der Waals surface area contributed by atoms with Crippen LogP contribution >= 0.6 is 0 Å². The summed E-state index contributed by atoms with van der Waals surface area (Å²) in [4.78, 5) is 13.0. The quantitative estimate of drug-likeness (QED) is 0.797. The summed E-state index contributed by atoms with van der Waals surface area (Å²) in [6.45, 7) is 1.59. The normalized spacial score (nSPS) is 20.1. The van der Waals surface area contributed by atoms with Gasteiger partial charge in [-0.15, -0.1) is 3.89 Å². The maximum absolute atomic E-state index is 13.9. The number of amides is 1. The first kappa shape index (κ1) is 13.9. The molecule has 0 radical (unpaired) electrons. The highest BCUT2D eigenvalue weighted by atomic mass is 32.3. The van der Waals surface area contributed by atoms with Gasteiger partial charge in [0.1, 0.15) is 5.82 Å². The number of aryl methyl sites for hydroxylation is 1. The Bertz CT molecular complexity index is 615. The van der Waals surface area contributed by atoms with Gasteiger partial charge >= 0.3 is 10.2 Å². The second kappa shape index (κ2) is 4.88. The third kappa shape index (κ3) is 3.09. The fourth-order valence-electron chi connectivity index (χ4n) is 2.25. The Kier molecular flexibility index (Phi) is 3.58. The predicted molar refractivity (Wildman–Crippen MR) is 66.5 cm³/mol. The zero-order valence-corrected chi connectivity index (χ0v) is 11.1. The van der Waals surface area contributed by atoms with Gasteiger partial charge in [-0.05, 0) is 18.6 Å². The number of nitrogens with zero attached hydrogens (tertiary/aromatic N) is 1. The van der Waals surface area contributed by atoms with Crippen molar-refractivity contribution in [1.82, 2.24) is 0 Å². The van der Waals surface area contributed by atoms with E-state index in [1.807, 2.05) is 0 Å². The first-order chi connectivity index (χ1) is 8.78. The number of hydrogen-bond acceptors (Lipinski definition) is 3. The number of rotatable bonds is 3. The molecule has 0 bridgehead atoms. The zero-order valence-electron chi connectivity index (χ0n) is 10.3. The van der Waals surface area contributed by atoms with Crippen molar-refractivity contribution in [3.63, 3.8) is 0 Å². The van der Waals surface area contributed by atoms with E-state index in [4.69, 9.17) is 0 Å². The maximum Gasteiger partial charge on any atom is 0.302 e. The largest absolute Gasteiger partial charge is 0.309 e. The monoisotopic (exact) mass is 289 g/mol. The molecule has 0 N–H and O–H groups in total. The van der Waals surface area contributed by atoms with Crippen LogP contribution in [0.2, 0.25) is 0 Å². The summed E-state index contributed by atoms with van der Waals surface area (Å²) in [5.41, 5.74) is 0.510. The van der Waals surface area contributed by atoms with Crippen LogP contribution in [0.25, 0.3) is 0 Å². The first-order valence-corrected chi connectivity index (χ1v) is 7.31. The van der Waals surface area contributed by atoms with Crippen molar-refractivity contribution < 1.29 is 21.5 Å². The average Bonchev–Trinajstić information content (AvgIpc) is 2.61. The summed E-state index contributed by atoms with van der Waals surface area (Å²) in [7, 11) is -4.63. The minimum atomic E-state index is -4.63. The summed E-state index contributed by atoms with van der Waals surface area (Å²) in [5.74, 6) is -2.25. The van der Waals surface area contributed by atoms with Gasteiger partial charge in [0.15, 0.2) is 0 Å². The molecule has 1 fully saturated rings. The van der Waals surface area contributed by atoms with E-state index in [1.54, 1.807) is 19.1 Å². The fourth-order valence-corrected chi connectivity index (χ4v) is 3.03. The Balaban J connectivity index is 2.23. The summed E-state index contributed by atoms with van der Waals surface area (Å²) in [6, 6.07) is 4.63. The lowest BCUT2D eigenvalue weighted by atomic mass is 10.1. The molecule has 0 aromatic heterocycles. The first-order valence-electron chi connectivity index (χ1n) is 5.76. The highest BCUT2D eigenvalue weighted by Crippen LogP contribution is 2.29. The number of benzene rings is 1. The molecule has 4 nitrogen and oxygen atoms in total. The molecule has 1 amide bonds. The topological polar surface area (TPSA) is 54.5 Å². The van der Waals surface area contributed by atoms with Crippen LogP contribution in [-0.4, -0.2) is 26.6 Å². The lowest BCUT2D eigenvalue weighted by Crippen LogP contribution is -2.26. The summed E-state index contributed by atoms with van der Waals surface area (Å²) in [5, 5.41) is 0. The van der Waals surface area contributed by atoms with Crippen LogP contribution in [0.5, 0.6) is 0 Å². The third-order valence-electron chi connectivity index (χ3n) is 3.10. The molecule has 1 unspecified atom stereocenters. The summed E-state index contributed by atoms with van der Waals surface area (Å²) in [6.07, 6.45) is -0.0868. The molecular formula is C12H13F2NO3S. The minimum absolute atomic E-state index is 0.0162. The molecule has 7 heteroatoms. The average molecular weight is 289 g/mol. The number of anilines is 1. The minimum Gasteiger partial charge on any atom is -0.309 e. The molecule has 1 saturated heterocycles. The van der Waals surface area contributed by atoms with Gasteiger partial charge in [-0.2, -0.15) is 8.42 Å². The standard InChI is InChI=1S/C12H13F2NO3S/c1-8-3-2-4-10(12(8)13)15-6-9(5-11(15)16)7-19(14,17)18/h2-4,9H,5-7H2,1H3. The molecule has 1 aromatic carbocycles. The van der Waals surface area contributed by atoms with Gasteiger partial charge in [-0.25, -0.2) is 4.39 Å². The van der Waals surface area contributed by atoms with Crippen molar-refractivity contribution in [3.8, 4) is 0 Å². The molecule has 1 aliphatic heterocycles. The van der Waals surface area contributed by atoms with Crippen molar-refractivity contribution in [2.75, 3.05) is 17.2 Å². The Morgan fingerprint density at radius 1 is 1.42 bits per heavy atom. The Morgan fingerprint density at radius 2 is 2.11 bits per heavy atom. The predicted octanol–water partition coefficient (Wildman–Crippen LogP) is 1.79. The number of hydrogen-bond donors (Lipinski definition) is 0. The van der Waals surface area contributed by atoms with Crippen LogP contribution < -0.4 is 4.90 Å². The van der Waals surface area contributed by atoms with Crippen LogP contribution in [0.4, 0.5) is 14.0 Å². The van der Waals surface area contributed by atoms with E-state index in [1.165, 1.54) is 11.0 Å². The lowest BCUT2D eigenvalue weighted by Gasteiger charge is -2.18. The zero-order chi connectivity index (χ0) is 14.2. The van der Waals surface area contributed by atoms with Crippen molar-refractivity contribution in [3.05, 3.63) is 29.6 Å². The molecule has 19 heavy (non-hydrogen) atoms. The molecule has 1 heterocycles. The molecule has 0 saturated carbocycles. The van der Waals surface area contributed by atoms with Crippen molar-refractivity contribution in [1.29, 1.82) is 0 Å². The number of halogens is 2. The van der Waals surface area contributed by atoms with Gasteiger partial charge in [0.25, 0.3) is 0 Å². The van der Waals surface area contributed by atoms with E-state index in [2.05, 4.69) is 0 Å². The van der Waals surface area contributed by atoms with E-state index in [-0.39, 0.29) is 18.7 Å². The van der Waals surface area contributed by atoms with E-state index in [9.17, 15) is 21.5 Å². The summed E-state index contributed by atoms with van der Waals surface area (Å²) < 4.78 is 47.7. The second-order valence-electron chi connectivity index (χ2n) is 4.69. The highest BCUT2D eigenvalue weighted by molar-refractivity contribution is 7.86. The Hall–Kier alpha value is -1.50. The second-order valence-corrected chi connectivity index (χ2v) is 6.10. The Labute approximate surface area is 110 Å². The molecular weight excluding hydrogens is 276 g/mol. The van der Waals surface area contributed by atoms with Crippen LogP contribution in [-0.2, 0) is 15.0 Å². The maximum atomic E-state index is 13.9. The van der Waals surface area contributed by atoms with E-state index in [0.29, 0.717) is 5.56 Å². The van der Waals surface area contributed by atoms with Gasteiger partial charge < -0.3 is 4.90 Å². The van der Waals surface area contributed by atoms with Crippen LogP contribution in [0.1, 0.15) is 12.0 Å². The van der Waals surface area contributed by atoms with Crippen molar-refractivity contribution in [2.24, 2.45) is 5.92 Å². The van der Waals surface area contributed by atoms with E-state index in [0.717, 1.165) is 0 Å². The van der Waals surface area contributed by atoms with Gasteiger partial charge in [-0.3, -0.25) is 4.79 Å². The lowest BCUT2D eigenvalue weighted by molar-refractivity contribution is -0.117. The van der Waals surface area contributed by atoms with Crippen molar-refractivity contribution in [2.45, 2.75) is 13.3 Å². The SMILES string of the molecule is Cc1cccc(N2CC(CS(=O)(=O)F)CC2=O)c1F. The Morgan fingerprint density at radius 3 is 2.74 bits per heavy atom. The smallest absolute Gasteiger partial charge is 0.302 e. The molecule has 1 aliphatic rings. The molecule has 0 spiro atoms. The van der Waals surface area contributed by atoms with Gasteiger partial charge in [0.05, 0.1) is 11.4 Å². The van der Waals surface area contributed by atoms with Gasteiger partial charge in [-0.1, -0.05) is 12.1 Å². The number of carbonyl (C=O) groups is 1. The van der Waals surface area contributed by atoms with Gasteiger partial charge in [0, 0.05) is 18.9 Å². The molecule has 1 atom stereocenters. The molecule has 2 rings (SSSR count). The van der Waals surface area contributed by atoms with Crippen molar-refractivity contribution >= 4 is 21.8 Å². The van der Waals surface area contributed by atoms with Crippen LogP contribution in [0, 0.1) is 18.7 Å².